The van der Waals surface area contributed by atoms with Gasteiger partial charge in [0.2, 0.25) is 5.91 Å². The van der Waals surface area contributed by atoms with Gasteiger partial charge in [-0.3, -0.25) is 4.79 Å². The second kappa shape index (κ2) is 5.23. The van der Waals surface area contributed by atoms with Crippen molar-refractivity contribution >= 4 is 22.8 Å². The average Bonchev–Trinajstić information content (AvgIpc) is 2.98. The van der Waals surface area contributed by atoms with E-state index in [1.807, 2.05) is 23.2 Å². The zero-order chi connectivity index (χ0) is 16.0. The van der Waals surface area contributed by atoms with E-state index in [0.717, 1.165) is 36.5 Å². The van der Waals surface area contributed by atoms with Crippen LogP contribution < -0.4 is 4.90 Å². The van der Waals surface area contributed by atoms with Gasteiger partial charge in [-0.2, -0.15) is 5.26 Å². The van der Waals surface area contributed by atoms with Crippen molar-refractivity contribution in [1.29, 1.82) is 5.26 Å². The highest BCUT2D eigenvalue weighted by molar-refractivity contribution is 5.87. The highest BCUT2D eigenvalue weighted by Gasteiger charge is 2.56. The first-order valence-corrected chi connectivity index (χ1v) is 7.83. The Kier molecular flexibility index (Phi) is 3.18. The minimum atomic E-state index is -0.0309. The number of likely N-dealkylation sites (tertiary alicyclic amines) is 1. The zero-order valence-electron chi connectivity index (χ0n) is 12.9. The maximum absolute atomic E-state index is 11.8. The number of anilines is 1. The summed E-state index contributed by atoms with van der Waals surface area (Å²) in [4.78, 5) is 27.5. The van der Waals surface area contributed by atoms with Gasteiger partial charge in [-0.1, -0.05) is 0 Å². The van der Waals surface area contributed by atoms with Crippen molar-refractivity contribution in [1.82, 2.24) is 19.9 Å². The van der Waals surface area contributed by atoms with Gasteiger partial charge in [-0.05, 0) is 23.8 Å². The lowest BCUT2D eigenvalue weighted by atomic mass is 10.2. The molecular weight excluding hydrogens is 292 g/mol. The molecule has 1 aliphatic carbocycles. The van der Waals surface area contributed by atoms with E-state index in [0.29, 0.717) is 17.8 Å². The number of hydrogen-bond donors (Lipinski definition) is 1. The second-order valence-electron chi connectivity index (χ2n) is 6.44. The Labute approximate surface area is 133 Å². The van der Waals surface area contributed by atoms with E-state index < -0.39 is 0 Å². The molecule has 23 heavy (non-hydrogen) atoms. The molecule has 7 nitrogen and oxygen atoms in total. The van der Waals surface area contributed by atoms with Crippen molar-refractivity contribution in [2.45, 2.75) is 6.42 Å². The molecule has 2 aromatic heterocycles. The van der Waals surface area contributed by atoms with Gasteiger partial charge in [0.25, 0.3) is 0 Å². The molecule has 118 valence electrons. The fourth-order valence-corrected chi connectivity index (χ4v) is 3.87. The van der Waals surface area contributed by atoms with Gasteiger partial charge in [-0.15, -0.1) is 0 Å². The van der Waals surface area contributed by atoms with Crippen LogP contribution in [0.1, 0.15) is 6.42 Å². The van der Waals surface area contributed by atoms with Crippen LogP contribution in [0.3, 0.4) is 0 Å². The van der Waals surface area contributed by atoms with Crippen LogP contribution in [-0.2, 0) is 4.79 Å². The Hall–Kier alpha value is -2.62. The van der Waals surface area contributed by atoms with Gasteiger partial charge < -0.3 is 14.8 Å². The Morgan fingerprint density at radius 2 is 2.26 bits per heavy atom. The fourth-order valence-electron chi connectivity index (χ4n) is 3.87. The van der Waals surface area contributed by atoms with Gasteiger partial charge in [0.05, 0.1) is 11.5 Å². The van der Waals surface area contributed by atoms with Gasteiger partial charge in [0.1, 0.15) is 24.2 Å². The van der Waals surface area contributed by atoms with E-state index in [9.17, 15) is 4.79 Å². The third-order valence-electron chi connectivity index (χ3n) is 5.13. The highest BCUT2D eigenvalue weighted by Crippen LogP contribution is 2.52. The maximum Gasteiger partial charge on any atom is 0.236 e. The molecule has 1 aliphatic heterocycles. The molecule has 2 unspecified atom stereocenters. The third kappa shape index (κ3) is 2.31. The Morgan fingerprint density at radius 1 is 1.48 bits per heavy atom. The number of nitriles is 1. The molecule has 2 fully saturated rings. The molecule has 0 aromatic carbocycles. The number of aromatic amines is 1. The van der Waals surface area contributed by atoms with Crippen molar-refractivity contribution in [3.05, 3.63) is 18.6 Å². The predicted molar refractivity (Wildman–Crippen MR) is 84.4 cm³/mol. The molecule has 7 heteroatoms. The number of nitrogens with zero attached hydrogens (tertiary/aromatic N) is 5. The van der Waals surface area contributed by atoms with Gasteiger partial charge in [0.15, 0.2) is 0 Å². The number of aromatic nitrogens is 3. The molecule has 1 amide bonds. The van der Waals surface area contributed by atoms with Crippen molar-refractivity contribution in [2.24, 2.45) is 17.8 Å². The quantitative estimate of drug-likeness (QED) is 0.910. The Balaban J connectivity index is 1.39. The molecule has 2 aromatic rings. The largest absolute Gasteiger partial charge is 0.359 e. The van der Waals surface area contributed by atoms with Crippen LogP contribution in [0.5, 0.6) is 0 Å². The molecule has 0 bridgehead atoms. The lowest BCUT2D eigenvalue weighted by Crippen LogP contribution is -2.33. The monoisotopic (exact) mass is 310 g/mol. The molecule has 2 atom stereocenters. The van der Waals surface area contributed by atoms with Crippen molar-refractivity contribution in [3.63, 3.8) is 0 Å². The summed E-state index contributed by atoms with van der Waals surface area (Å²) in [5, 5.41) is 9.66. The normalized spacial score (nSPS) is 25.2. The van der Waals surface area contributed by atoms with Crippen LogP contribution in [0.4, 0.5) is 5.82 Å². The summed E-state index contributed by atoms with van der Waals surface area (Å²) in [6, 6.07) is 3.93. The Bertz CT molecular complexity index is 781. The van der Waals surface area contributed by atoms with E-state index in [-0.39, 0.29) is 12.3 Å². The number of carbonyl (C=O) groups excluding carboxylic acids is 1. The lowest BCUT2D eigenvalue weighted by Gasteiger charge is -2.22. The summed E-state index contributed by atoms with van der Waals surface area (Å²) in [5.74, 6) is 2.66. The first-order valence-electron chi connectivity index (χ1n) is 7.83. The van der Waals surface area contributed by atoms with Gasteiger partial charge in [-0.25, -0.2) is 9.97 Å². The van der Waals surface area contributed by atoms with Gasteiger partial charge >= 0.3 is 0 Å². The smallest absolute Gasteiger partial charge is 0.236 e. The Morgan fingerprint density at radius 3 is 3.00 bits per heavy atom. The summed E-state index contributed by atoms with van der Waals surface area (Å²) >= 11 is 0. The highest BCUT2D eigenvalue weighted by atomic mass is 16.2. The molecular formula is C16H18N6O. The molecule has 0 spiro atoms. The molecule has 1 N–H and O–H groups in total. The van der Waals surface area contributed by atoms with E-state index in [4.69, 9.17) is 5.26 Å². The van der Waals surface area contributed by atoms with E-state index >= 15 is 0 Å². The molecule has 0 radical (unpaired) electrons. The maximum atomic E-state index is 11.8. The van der Waals surface area contributed by atoms with Crippen LogP contribution in [0, 0.1) is 29.1 Å². The molecule has 1 saturated heterocycles. The summed E-state index contributed by atoms with van der Waals surface area (Å²) < 4.78 is 0. The first-order chi connectivity index (χ1) is 11.2. The number of rotatable bonds is 4. The average molecular weight is 310 g/mol. The summed E-state index contributed by atoms with van der Waals surface area (Å²) in [5.41, 5.74) is 0.853. The number of piperidine rings is 1. The van der Waals surface area contributed by atoms with E-state index in [1.54, 1.807) is 6.33 Å². The van der Waals surface area contributed by atoms with Crippen LogP contribution in [0.15, 0.2) is 18.6 Å². The van der Waals surface area contributed by atoms with E-state index in [1.165, 1.54) is 0 Å². The van der Waals surface area contributed by atoms with Crippen LogP contribution >= 0.6 is 0 Å². The number of H-pyrrole nitrogens is 1. The number of amides is 1. The minimum Gasteiger partial charge on any atom is -0.359 e. The minimum absolute atomic E-state index is 0.00356. The topological polar surface area (TPSA) is 88.9 Å². The zero-order valence-corrected chi connectivity index (χ0v) is 12.9. The summed E-state index contributed by atoms with van der Waals surface area (Å²) in [6.07, 6.45) is 3.46. The summed E-state index contributed by atoms with van der Waals surface area (Å²) in [6.45, 7) is 2.53. The van der Waals surface area contributed by atoms with Crippen LogP contribution in [0.2, 0.25) is 0 Å². The summed E-state index contributed by atoms with van der Waals surface area (Å²) in [7, 11) is 2.06. The van der Waals surface area contributed by atoms with Crippen molar-refractivity contribution < 1.29 is 4.79 Å². The van der Waals surface area contributed by atoms with E-state index in [2.05, 4.69) is 26.9 Å². The molecule has 3 heterocycles. The lowest BCUT2D eigenvalue weighted by molar-refractivity contribution is -0.129. The fraction of sp³-hybridized carbons (Fsp3) is 0.500. The van der Waals surface area contributed by atoms with Crippen LogP contribution in [0.25, 0.3) is 11.0 Å². The number of fused-ring (bicyclic) bond motifs is 2. The standard InChI is InChI=1S/C16H18N6O/c1-21(16-10-3-5-18-15(10)19-9-20-16)6-11-12-7-22(8-13(11)12)14(23)2-4-17/h3,5,9,11-13H,2,6-8H2,1H3,(H,18,19,20). The SMILES string of the molecule is CN(CC1C2CN(C(=O)CC#N)CC21)c1ncnc2[nH]ccc12. The van der Waals surface area contributed by atoms with Crippen molar-refractivity contribution in [2.75, 3.05) is 31.6 Å². The number of carbonyl (C=O) groups is 1. The number of nitrogens with one attached hydrogen (secondary N) is 1. The predicted octanol–water partition coefficient (Wildman–Crippen LogP) is 1.01. The van der Waals surface area contributed by atoms with Crippen LogP contribution in [-0.4, -0.2) is 52.4 Å². The number of hydrogen-bond acceptors (Lipinski definition) is 5. The first kappa shape index (κ1) is 14.0. The third-order valence-corrected chi connectivity index (χ3v) is 5.13. The van der Waals surface area contributed by atoms with Gasteiger partial charge in [0, 0.05) is 32.9 Å². The molecule has 4 rings (SSSR count). The van der Waals surface area contributed by atoms with Crippen molar-refractivity contribution in [3.8, 4) is 6.07 Å². The second-order valence-corrected chi connectivity index (χ2v) is 6.44. The molecule has 1 saturated carbocycles. The molecule has 2 aliphatic rings.